The third-order valence-electron chi connectivity index (χ3n) is 6.23. The molecule has 3 N–H and O–H groups in total. The van der Waals surface area contributed by atoms with Gasteiger partial charge in [-0.3, -0.25) is 14.5 Å². The van der Waals surface area contributed by atoms with E-state index >= 15 is 0 Å². The van der Waals surface area contributed by atoms with Gasteiger partial charge in [-0.05, 0) is 47.7 Å². The molecule has 11 heteroatoms. The Morgan fingerprint density at radius 1 is 1.28 bits per heavy atom. The zero-order chi connectivity index (χ0) is 25.9. The number of hydrogen-bond acceptors (Lipinski definition) is 8. The standard InChI is InChI=1S/C25H36IN3O7/c1-2-34-17-23(31)29(9-8-28-10-13-35-14-11-28)20-15-18(25(33)27-7-12-30)16-22(24(20)32)36-21-6-4-3-5-19(21)26/h3-6,16,20,22,24,30,32H,2,7-15,17H2,1H3,(H,27,33)/t20-,22+,24+/m1/s1. The maximum atomic E-state index is 13.2. The Bertz CT molecular complexity index is 894. The van der Waals surface area contributed by atoms with E-state index in [0.29, 0.717) is 44.2 Å². The van der Waals surface area contributed by atoms with Gasteiger partial charge >= 0.3 is 0 Å². The van der Waals surface area contributed by atoms with Crippen LogP contribution in [0.5, 0.6) is 5.75 Å². The van der Waals surface area contributed by atoms with Gasteiger partial charge in [-0.15, -0.1) is 0 Å². The molecule has 0 saturated carbocycles. The smallest absolute Gasteiger partial charge is 0.248 e. The van der Waals surface area contributed by atoms with Gasteiger partial charge in [0.1, 0.15) is 24.6 Å². The summed E-state index contributed by atoms with van der Waals surface area (Å²) in [5, 5.41) is 23.2. The Kier molecular flexibility index (Phi) is 11.9. The molecule has 2 aliphatic rings. The molecule has 1 aromatic rings. The average Bonchev–Trinajstić information content (AvgIpc) is 2.89. The van der Waals surface area contributed by atoms with Crippen molar-refractivity contribution >= 4 is 34.4 Å². The third kappa shape index (κ3) is 8.12. The lowest BCUT2D eigenvalue weighted by molar-refractivity contribution is -0.143. The molecule has 10 nitrogen and oxygen atoms in total. The van der Waals surface area contributed by atoms with Crippen molar-refractivity contribution in [2.45, 2.75) is 31.6 Å². The van der Waals surface area contributed by atoms with Gasteiger partial charge in [0, 0.05) is 51.3 Å². The lowest BCUT2D eigenvalue weighted by Gasteiger charge is -2.41. The number of rotatable bonds is 12. The molecule has 1 fully saturated rings. The summed E-state index contributed by atoms with van der Waals surface area (Å²) in [6.07, 6.45) is -0.138. The molecule has 0 radical (unpaired) electrons. The number of nitrogens with one attached hydrogen (secondary N) is 1. The summed E-state index contributed by atoms with van der Waals surface area (Å²) in [7, 11) is 0. The van der Waals surface area contributed by atoms with Crippen LogP contribution in [0.2, 0.25) is 0 Å². The molecule has 0 unspecified atom stereocenters. The number of carbonyl (C=O) groups excluding carboxylic acids is 2. The second-order valence-corrected chi connectivity index (χ2v) is 9.79. The van der Waals surface area contributed by atoms with E-state index in [1.807, 2.05) is 25.1 Å². The Balaban J connectivity index is 1.86. The second kappa shape index (κ2) is 14.8. The van der Waals surface area contributed by atoms with E-state index in [1.54, 1.807) is 17.0 Å². The van der Waals surface area contributed by atoms with Crippen molar-refractivity contribution in [3.05, 3.63) is 39.5 Å². The molecule has 0 bridgehead atoms. The lowest BCUT2D eigenvalue weighted by atomic mass is 9.88. The molecule has 1 aromatic carbocycles. The molecular weight excluding hydrogens is 581 g/mol. The van der Waals surface area contributed by atoms with Gasteiger partial charge in [0.05, 0.1) is 29.4 Å². The maximum Gasteiger partial charge on any atom is 0.248 e. The van der Waals surface area contributed by atoms with Gasteiger partial charge in [-0.25, -0.2) is 0 Å². The SMILES string of the molecule is CCOCC(=O)N(CCN1CCOCC1)[C@@H]1CC(C(=O)NCCO)=C[C@H](Oc2ccccc2I)[C@H]1O. The van der Waals surface area contributed by atoms with E-state index in [0.717, 1.165) is 16.7 Å². The Labute approximate surface area is 225 Å². The molecule has 200 valence electrons. The highest BCUT2D eigenvalue weighted by Crippen LogP contribution is 2.29. The van der Waals surface area contributed by atoms with Crippen molar-refractivity contribution in [3.8, 4) is 5.75 Å². The second-order valence-electron chi connectivity index (χ2n) is 8.62. The summed E-state index contributed by atoms with van der Waals surface area (Å²) in [6, 6.07) is 6.72. The van der Waals surface area contributed by atoms with Crippen molar-refractivity contribution in [2.75, 3.05) is 65.8 Å². The van der Waals surface area contributed by atoms with Crippen LogP contribution in [-0.2, 0) is 19.1 Å². The number of aliphatic hydroxyl groups excluding tert-OH is 2. The third-order valence-corrected chi connectivity index (χ3v) is 7.12. The number of nitrogens with zero attached hydrogens (tertiary/aromatic N) is 2. The number of ether oxygens (including phenoxy) is 3. The quantitative estimate of drug-likeness (QED) is 0.289. The molecule has 3 rings (SSSR count). The zero-order valence-electron chi connectivity index (χ0n) is 20.6. The monoisotopic (exact) mass is 617 g/mol. The minimum absolute atomic E-state index is 0.107. The van der Waals surface area contributed by atoms with E-state index < -0.39 is 18.2 Å². The van der Waals surface area contributed by atoms with Crippen LogP contribution in [0.15, 0.2) is 35.9 Å². The topological polar surface area (TPSA) is 121 Å². The summed E-state index contributed by atoms with van der Waals surface area (Å²) in [5.74, 6) is -0.0309. The molecule has 1 aliphatic heterocycles. The van der Waals surface area contributed by atoms with Gasteiger partial charge in [-0.1, -0.05) is 12.1 Å². The Hall–Kier alpha value is -1.77. The molecule has 1 aliphatic carbocycles. The van der Waals surface area contributed by atoms with Crippen molar-refractivity contribution in [2.24, 2.45) is 0 Å². The normalized spacial score (nSPS) is 22.6. The number of morpholine rings is 1. The first-order valence-electron chi connectivity index (χ1n) is 12.3. The van der Waals surface area contributed by atoms with E-state index in [4.69, 9.17) is 19.3 Å². The summed E-state index contributed by atoms with van der Waals surface area (Å²) in [4.78, 5) is 29.9. The van der Waals surface area contributed by atoms with Gasteiger partial charge in [-0.2, -0.15) is 0 Å². The Morgan fingerprint density at radius 3 is 2.72 bits per heavy atom. The fourth-order valence-corrected chi connectivity index (χ4v) is 4.80. The van der Waals surface area contributed by atoms with Crippen LogP contribution in [0.3, 0.4) is 0 Å². The summed E-state index contributed by atoms with van der Waals surface area (Å²) in [5.41, 5.74) is 0.398. The number of halogens is 1. The molecule has 2 amide bonds. The number of benzene rings is 1. The summed E-state index contributed by atoms with van der Waals surface area (Å²) < 4.78 is 17.8. The molecule has 1 heterocycles. The highest BCUT2D eigenvalue weighted by molar-refractivity contribution is 14.1. The van der Waals surface area contributed by atoms with Gasteiger partial charge in [0.2, 0.25) is 11.8 Å². The molecule has 0 spiro atoms. The average molecular weight is 617 g/mol. The van der Waals surface area contributed by atoms with E-state index in [2.05, 4.69) is 32.8 Å². The van der Waals surface area contributed by atoms with Crippen LogP contribution < -0.4 is 10.1 Å². The zero-order valence-corrected chi connectivity index (χ0v) is 22.8. The van der Waals surface area contributed by atoms with Crippen molar-refractivity contribution in [1.29, 1.82) is 0 Å². The first-order valence-corrected chi connectivity index (χ1v) is 13.4. The minimum atomic E-state index is -1.06. The van der Waals surface area contributed by atoms with Gasteiger partial charge in [0.15, 0.2) is 0 Å². The number of amides is 2. The fourth-order valence-electron chi connectivity index (χ4n) is 4.29. The van der Waals surface area contributed by atoms with Gasteiger partial charge in [0.25, 0.3) is 0 Å². The molecule has 1 saturated heterocycles. The predicted octanol–water partition coefficient (Wildman–Crippen LogP) is 0.404. The molecule has 0 aromatic heterocycles. The van der Waals surface area contributed by atoms with E-state index in [1.165, 1.54) is 0 Å². The van der Waals surface area contributed by atoms with Crippen molar-refractivity contribution in [3.63, 3.8) is 0 Å². The first kappa shape index (κ1) is 28.8. The van der Waals surface area contributed by atoms with Crippen molar-refractivity contribution in [1.82, 2.24) is 15.1 Å². The van der Waals surface area contributed by atoms with Crippen LogP contribution in [0.25, 0.3) is 0 Å². The Morgan fingerprint density at radius 2 is 2.03 bits per heavy atom. The number of para-hydroxylation sites is 1. The van der Waals surface area contributed by atoms with Crippen LogP contribution in [0, 0.1) is 3.57 Å². The molecule has 36 heavy (non-hydrogen) atoms. The van der Waals surface area contributed by atoms with Gasteiger partial charge < -0.3 is 34.6 Å². The highest BCUT2D eigenvalue weighted by Gasteiger charge is 2.40. The maximum absolute atomic E-state index is 13.2. The van der Waals surface area contributed by atoms with Crippen molar-refractivity contribution < 1.29 is 34.0 Å². The minimum Gasteiger partial charge on any atom is -0.482 e. The van der Waals surface area contributed by atoms with Crippen LogP contribution in [0.1, 0.15) is 13.3 Å². The fraction of sp³-hybridized carbons (Fsp3) is 0.600. The predicted molar refractivity (Wildman–Crippen MR) is 142 cm³/mol. The van der Waals surface area contributed by atoms with E-state index in [-0.39, 0.29) is 38.0 Å². The van der Waals surface area contributed by atoms with Crippen LogP contribution in [-0.4, -0.2) is 116 Å². The summed E-state index contributed by atoms with van der Waals surface area (Å²) in [6.45, 7) is 5.83. The van der Waals surface area contributed by atoms with Crippen LogP contribution >= 0.6 is 22.6 Å². The number of hydrogen-bond donors (Lipinski definition) is 3. The first-order chi connectivity index (χ1) is 17.4. The molecule has 3 atom stereocenters. The summed E-state index contributed by atoms with van der Waals surface area (Å²) >= 11 is 2.15. The van der Waals surface area contributed by atoms with Crippen LogP contribution in [0.4, 0.5) is 0 Å². The highest BCUT2D eigenvalue weighted by atomic mass is 127. The number of carbonyl (C=O) groups is 2. The van der Waals surface area contributed by atoms with E-state index in [9.17, 15) is 14.7 Å². The largest absolute Gasteiger partial charge is 0.482 e. The molecular formula is C25H36IN3O7. The number of aliphatic hydroxyl groups is 2. The lowest BCUT2D eigenvalue weighted by Crippen LogP contribution is -2.57.